The van der Waals surface area contributed by atoms with Crippen LogP contribution in [0.4, 0.5) is 0 Å². The van der Waals surface area contributed by atoms with Crippen molar-refractivity contribution < 1.29 is 9.32 Å². The predicted molar refractivity (Wildman–Crippen MR) is 92.0 cm³/mol. The smallest absolute Gasteiger partial charge is 0.229 e. The Morgan fingerprint density at radius 1 is 1.42 bits per heavy atom. The molecule has 1 aliphatic heterocycles. The van der Waals surface area contributed by atoms with E-state index in [9.17, 15) is 4.79 Å². The molecular formula is C18H23N3O2S. The Morgan fingerprint density at radius 2 is 2.25 bits per heavy atom. The minimum Gasteiger partial charge on any atom is -0.339 e. The number of aryl methyl sites for hydroxylation is 1. The van der Waals surface area contributed by atoms with Gasteiger partial charge in [-0.3, -0.25) is 4.79 Å². The van der Waals surface area contributed by atoms with Crippen LogP contribution < -0.4 is 0 Å². The Hall–Kier alpha value is -1.69. The maximum Gasteiger partial charge on any atom is 0.229 e. The molecule has 1 amide bonds. The first-order valence-corrected chi connectivity index (χ1v) is 9.56. The van der Waals surface area contributed by atoms with Gasteiger partial charge in [0.1, 0.15) is 0 Å². The molecule has 0 spiro atoms. The first-order chi connectivity index (χ1) is 11.5. The molecule has 2 aromatic rings. The molecule has 3 heterocycles. The average Bonchev–Trinajstić information content (AvgIpc) is 2.97. The standard InChI is InChI=1S/C18H23N3O2S/c1-10(2)17-19-16(20-23-17)14-5-4-8-21(14)18(22)13-9-12(13)15-7-6-11(3)24-15/h6-7,10,12-14H,4-5,8-9H2,1-3H3/t12-,13+,14-/m1/s1. The number of carbonyl (C=O) groups is 1. The lowest BCUT2D eigenvalue weighted by atomic mass is 10.2. The molecule has 2 aliphatic rings. The summed E-state index contributed by atoms with van der Waals surface area (Å²) in [5.41, 5.74) is 0. The maximum atomic E-state index is 13.0. The van der Waals surface area contributed by atoms with Gasteiger partial charge in [0.15, 0.2) is 5.82 Å². The van der Waals surface area contributed by atoms with Crippen LogP contribution in [-0.2, 0) is 4.79 Å². The van der Waals surface area contributed by atoms with E-state index in [-0.39, 0.29) is 23.8 Å². The molecule has 2 aromatic heterocycles. The van der Waals surface area contributed by atoms with E-state index in [1.807, 2.05) is 30.1 Å². The fourth-order valence-corrected chi connectivity index (χ4v) is 4.62. The van der Waals surface area contributed by atoms with Crippen LogP contribution in [0.3, 0.4) is 0 Å². The van der Waals surface area contributed by atoms with Gasteiger partial charge in [0.25, 0.3) is 0 Å². The zero-order valence-corrected chi connectivity index (χ0v) is 15.2. The first kappa shape index (κ1) is 15.8. The molecule has 1 saturated heterocycles. The lowest BCUT2D eigenvalue weighted by Gasteiger charge is -2.22. The Kier molecular flexibility index (Phi) is 3.95. The van der Waals surface area contributed by atoms with Gasteiger partial charge in [-0.05, 0) is 38.3 Å². The van der Waals surface area contributed by atoms with Crippen molar-refractivity contribution in [3.63, 3.8) is 0 Å². The molecule has 128 valence electrons. The van der Waals surface area contributed by atoms with E-state index in [1.54, 1.807) is 0 Å². The topological polar surface area (TPSA) is 59.2 Å². The van der Waals surface area contributed by atoms with Crippen molar-refractivity contribution in [1.82, 2.24) is 15.0 Å². The molecule has 0 aromatic carbocycles. The maximum absolute atomic E-state index is 13.0. The van der Waals surface area contributed by atoms with E-state index in [1.165, 1.54) is 9.75 Å². The van der Waals surface area contributed by atoms with Crippen molar-refractivity contribution in [2.45, 2.75) is 57.9 Å². The van der Waals surface area contributed by atoms with Gasteiger partial charge in [-0.2, -0.15) is 4.98 Å². The highest BCUT2D eigenvalue weighted by atomic mass is 32.1. The number of thiophene rings is 1. The van der Waals surface area contributed by atoms with E-state index in [0.717, 1.165) is 25.8 Å². The summed E-state index contributed by atoms with van der Waals surface area (Å²) in [4.78, 5) is 22.1. The molecule has 0 unspecified atom stereocenters. The van der Waals surface area contributed by atoms with Gasteiger partial charge in [-0.25, -0.2) is 0 Å². The second-order valence-corrected chi connectivity index (χ2v) is 8.55. The van der Waals surface area contributed by atoms with E-state index in [2.05, 4.69) is 29.2 Å². The zero-order valence-electron chi connectivity index (χ0n) is 14.4. The molecule has 2 fully saturated rings. The van der Waals surface area contributed by atoms with E-state index in [4.69, 9.17) is 4.52 Å². The van der Waals surface area contributed by atoms with Crippen molar-refractivity contribution in [2.24, 2.45) is 5.92 Å². The Bertz CT molecular complexity index is 751. The number of carbonyl (C=O) groups excluding carboxylic acids is 1. The Labute approximate surface area is 146 Å². The lowest BCUT2D eigenvalue weighted by molar-refractivity contribution is -0.133. The van der Waals surface area contributed by atoms with Gasteiger partial charge in [-0.1, -0.05) is 19.0 Å². The number of rotatable bonds is 4. The van der Waals surface area contributed by atoms with Crippen molar-refractivity contribution in [1.29, 1.82) is 0 Å². The highest BCUT2D eigenvalue weighted by molar-refractivity contribution is 7.12. The van der Waals surface area contributed by atoms with Gasteiger partial charge in [-0.15, -0.1) is 11.3 Å². The van der Waals surface area contributed by atoms with Gasteiger partial charge in [0.05, 0.1) is 6.04 Å². The summed E-state index contributed by atoms with van der Waals surface area (Å²) in [6.07, 6.45) is 2.92. The van der Waals surface area contributed by atoms with Crippen molar-refractivity contribution >= 4 is 17.2 Å². The summed E-state index contributed by atoms with van der Waals surface area (Å²) in [7, 11) is 0. The molecule has 24 heavy (non-hydrogen) atoms. The van der Waals surface area contributed by atoms with Crippen molar-refractivity contribution in [3.05, 3.63) is 33.6 Å². The third-order valence-electron chi connectivity index (χ3n) is 5.02. The number of nitrogens with zero attached hydrogens (tertiary/aromatic N) is 3. The van der Waals surface area contributed by atoms with Gasteiger partial charge in [0.2, 0.25) is 11.8 Å². The minimum atomic E-state index is -0.0138. The number of aromatic nitrogens is 2. The Balaban J connectivity index is 1.47. The normalized spacial score (nSPS) is 26.3. The quantitative estimate of drug-likeness (QED) is 0.839. The van der Waals surface area contributed by atoms with Crippen molar-refractivity contribution in [3.8, 4) is 0 Å². The largest absolute Gasteiger partial charge is 0.339 e. The fraction of sp³-hybridized carbons (Fsp3) is 0.611. The van der Waals surface area contributed by atoms with Crippen LogP contribution in [0.1, 0.15) is 72.5 Å². The van der Waals surface area contributed by atoms with Crippen molar-refractivity contribution in [2.75, 3.05) is 6.54 Å². The zero-order chi connectivity index (χ0) is 16.8. The number of likely N-dealkylation sites (tertiary alicyclic amines) is 1. The fourth-order valence-electron chi connectivity index (χ4n) is 3.56. The lowest BCUT2D eigenvalue weighted by Crippen LogP contribution is -2.32. The van der Waals surface area contributed by atoms with Crippen LogP contribution in [0.25, 0.3) is 0 Å². The van der Waals surface area contributed by atoms with Crippen LogP contribution >= 0.6 is 11.3 Å². The van der Waals surface area contributed by atoms with Gasteiger partial charge >= 0.3 is 0 Å². The van der Waals surface area contributed by atoms with E-state index < -0.39 is 0 Å². The van der Waals surface area contributed by atoms with E-state index in [0.29, 0.717) is 17.6 Å². The summed E-state index contributed by atoms with van der Waals surface area (Å²) < 4.78 is 5.34. The summed E-state index contributed by atoms with van der Waals surface area (Å²) in [6.45, 7) is 6.99. The van der Waals surface area contributed by atoms with Crippen LogP contribution in [0.5, 0.6) is 0 Å². The molecule has 5 nitrogen and oxygen atoms in total. The molecule has 4 rings (SSSR count). The molecular weight excluding hydrogens is 322 g/mol. The van der Waals surface area contributed by atoms with Gasteiger partial charge < -0.3 is 9.42 Å². The molecule has 0 bridgehead atoms. The summed E-state index contributed by atoms with van der Waals surface area (Å²) in [5.74, 6) is 2.36. The van der Waals surface area contributed by atoms with Crippen LogP contribution in [-0.4, -0.2) is 27.5 Å². The third kappa shape index (κ3) is 2.77. The number of amides is 1. The first-order valence-electron chi connectivity index (χ1n) is 8.75. The van der Waals surface area contributed by atoms with Crippen LogP contribution in [0.15, 0.2) is 16.7 Å². The van der Waals surface area contributed by atoms with Crippen LogP contribution in [0.2, 0.25) is 0 Å². The predicted octanol–water partition coefficient (Wildman–Crippen LogP) is 4.03. The third-order valence-corrected chi connectivity index (χ3v) is 6.15. The van der Waals surface area contributed by atoms with Gasteiger partial charge in [0, 0.05) is 34.1 Å². The average molecular weight is 345 g/mol. The summed E-state index contributed by atoms with van der Waals surface area (Å²) in [5, 5.41) is 4.13. The van der Waals surface area contributed by atoms with Crippen LogP contribution in [0, 0.1) is 12.8 Å². The molecule has 6 heteroatoms. The molecule has 0 radical (unpaired) electrons. The Morgan fingerprint density at radius 3 is 2.92 bits per heavy atom. The second-order valence-electron chi connectivity index (χ2n) is 7.23. The molecule has 3 atom stereocenters. The number of hydrogen-bond donors (Lipinski definition) is 0. The summed E-state index contributed by atoms with van der Waals surface area (Å²) in [6, 6.07) is 4.30. The SMILES string of the molecule is Cc1ccc([C@@H]2C[C@@H]2C(=O)N2CCC[C@@H]2c2noc(C(C)C)n2)s1. The number of hydrogen-bond acceptors (Lipinski definition) is 5. The second kappa shape index (κ2) is 5.99. The highest BCUT2D eigenvalue weighted by Gasteiger charge is 2.49. The summed E-state index contributed by atoms with van der Waals surface area (Å²) >= 11 is 1.82. The monoisotopic (exact) mass is 345 g/mol. The molecule has 1 saturated carbocycles. The van der Waals surface area contributed by atoms with E-state index >= 15 is 0 Å². The molecule has 0 N–H and O–H groups in total. The minimum absolute atomic E-state index is 0.0138. The highest BCUT2D eigenvalue weighted by Crippen LogP contribution is 2.51. The molecule has 1 aliphatic carbocycles.